The maximum atomic E-state index is 9.96. The van der Waals surface area contributed by atoms with Crippen LogP contribution in [0.2, 0.25) is 0 Å². The fourth-order valence-electron chi connectivity index (χ4n) is 8.35. The van der Waals surface area contributed by atoms with Gasteiger partial charge in [0.25, 0.3) is 0 Å². The molecule has 3 nitrogen and oxygen atoms in total. The minimum Gasteiger partial charge on any atom is -0.201 e. The number of nitriles is 1. The Morgan fingerprint density at radius 2 is 1.45 bits per heavy atom. The lowest BCUT2D eigenvalue weighted by atomic mass is 9.79. The number of nitrogens with zero attached hydrogens (tertiary/aromatic N) is 3. The molecule has 0 fully saturated rings. The number of aromatic nitrogens is 2. The Hall–Kier alpha value is -5.33. The van der Waals surface area contributed by atoms with E-state index in [4.69, 9.17) is 0 Å². The number of allylic oxidation sites excluding steroid dienone is 1. The topological polar surface area (TPSA) is 31.5 Å². The first-order chi connectivity index (χ1) is 24.1. The Morgan fingerprint density at radius 1 is 0.706 bits per heavy atom. The summed E-state index contributed by atoms with van der Waals surface area (Å²) in [7, 11) is 2.08. The van der Waals surface area contributed by atoms with Crippen molar-refractivity contribution in [1.29, 1.82) is 5.26 Å². The van der Waals surface area contributed by atoms with E-state index in [1.165, 1.54) is 66.7 Å². The smallest absolute Gasteiger partial charge is 0.201 e. The summed E-state index contributed by atoms with van der Waals surface area (Å²) >= 11 is 0. The van der Waals surface area contributed by atoms with Crippen molar-refractivity contribution in [3.05, 3.63) is 142 Å². The second-order valence-corrected chi connectivity index (χ2v) is 17.2. The third kappa shape index (κ3) is 5.32. The van der Waals surface area contributed by atoms with Gasteiger partial charge in [-0.2, -0.15) is 9.83 Å². The van der Waals surface area contributed by atoms with Gasteiger partial charge in [-0.1, -0.05) is 104 Å². The third-order valence-electron chi connectivity index (χ3n) is 11.3. The van der Waals surface area contributed by atoms with Gasteiger partial charge in [-0.15, -0.1) is 0 Å². The molecule has 0 saturated heterocycles. The van der Waals surface area contributed by atoms with Crippen molar-refractivity contribution >= 4 is 22.5 Å². The van der Waals surface area contributed by atoms with Gasteiger partial charge in [0.2, 0.25) is 11.4 Å². The van der Waals surface area contributed by atoms with E-state index in [1.54, 1.807) is 0 Å². The predicted molar refractivity (Wildman–Crippen MR) is 210 cm³/mol. The first-order valence-corrected chi connectivity index (χ1v) is 18.2. The van der Waals surface area contributed by atoms with Crippen molar-refractivity contribution in [1.82, 2.24) is 0 Å². The Morgan fingerprint density at radius 3 is 2.20 bits per heavy atom. The molecule has 252 valence electrons. The van der Waals surface area contributed by atoms with Gasteiger partial charge in [-0.3, -0.25) is 0 Å². The number of rotatable bonds is 2. The van der Waals surface area contributed by atoms with Crippen molar-refractivity contribution in [2.45, 2.75) is 78.1 Å². The summed E-state index contributed by atoms with van der Waals surface area (Å²) in [6.45, 7) is 18.5. The van der Waals surface area contributed by atoms with Crippen LogP contribution in [0.4, 0.5) is 0 Å². The zero-order chi connectivity index (χ0) is 36.0. The molecule has 0 bridgehead atoms. The van der Waals surface area contributed by atoms with Gasteiger partial charge >= 0.3 is 0 Å². The standard InChI is InChI=1S/C48H47N3/c1-46(2,3)34-16-14-32-23-36(51-21-19-35(47(4,5)6)27-44(51)39(32)26-34)24-33-25-42-41(28-40(33)43-22-30(29-49)18-20-50(43)9)38-17-15-31-12-10-11-13-37(31)45(38)48(42,7)8/h10-22,24-28H,23H2,1-9H3/q+2/b36-24-. The number of hydrogen-bond donors (Lipinski definition) is 0. The first kappa shape index (κ1) is 32.9. The lowest BCUT2D eigenvalue weighted by Crippen LogP contribution is -2.39. The summed E-state index contributed by atoms with van der Waals surface area (Å²) in [6.07, 6.45) is 7.52. The fraction of sp³-hybridized carbons (Fsp3) is 0.271. The van der Waals surface area contributed by atoms with E-state index < -0.39 is 0 Å². The minimum absolute atomic E-state index is 0.0249. The second kappa shape index (κ2) is 11.3. The summed E-state index contributed by atoms with van der Waals surface area (Å²) in [5.41, 5.74) is 17.0. The minimum atomic E-state index is -0.191. The Kier molecular flexibility index (Phi) is 7.30. The molecule has 0 saturated carbocycles. The number of aryl methyl sites for hydroxylation is 1. The Bertz CT molecular complexity index is 2510. The molecule has 0 N–H and O–H groups in total. The van der Waals surface area contributed by atoms with Crippen molar-refractivity contribution < 1.29 is 9.13 Å². The van der Waals surface area contributed by atoms with Gasteiger partial charge in [0.15, 0.2) is 18.1 Å². The predicted octanol–water partition coefficient (Wildman–Crippen LogP) is 10.6. The van der Waals surface area contributed by atoms with E-state index in [-0.39, 0.29) is 16.2 Å². The highest BCUT2D eigenvalue weighted by atomic mass is 15.0. The second-order valence-electron chi connectivity index (χ2n) is 17.2. The van der Waals surface area contributed by atoms with Crippen molar-refractivity contribution in [2.75, 3.05) is 0 Å². The molecule has 0 unspecified atom stereocenters. The SMILES string of the molecule is C[n+]1ccc(C#N)cc1-c1cc2c(cc1/C=C1/Cc3ccc(C(C)(C)C)cc3-c3cc(C(C)(C)C)cc[n+]31)C(C)(C)c1c-2ccc2ccccc12. The highest BCUT2D eigenvalue weighted by molar-refractivity contribution is 5.99. The normalized spacial score (nSPS) is 15.3. The van der Waals surface area contributed by atoms with Crippen LogP contribution in [0, 0.1) is 11.3 Å². The van der Waals surface area contributed by atoms with Crippen molar-refractivity contribution in [3.8, 4) is 39.7 Å². The van der Waals surface area contributed by atoms with Crippen molar-refractivity contribution in [2.24, 2.45) is 7.05 Å². The van der Waals surface area contributed by atoms with Crippen LogP contribution in [0.5, 0.6) is 0 Å². The lowest BCUT2D eigenvalue weighted by Gasteiger charge is -2.25. The van der Waals surface area contributed by atoms with E-state index in [9.17, 15) is 5.26 Å². The summed E-state index contributed by atoms with van der Waals surface area (Å²) in [5, 5.41) is 12.5. The van der Waals surface area contributed by atoms with Crippen LogP contribution in [0.15, 0.2) is 103 Å². The molecule has 4 aromatic carbocycles. The van der Waals surface area contributed by atoms with E-state index in [1.807, 2.05) is 18.3 Å². The molecule has 0 spiro atoms. The molecular formula is C48H47N3+2. The third-order valence-corrected chi connectivity index (χ3v) is 11.3. The first-order valence-electron chi connectivity index (χ1n) is 18.2. The van der Waals surface area contributed by atoms with Gasteiger partial charge in [0.05, 0.1) is 29.2 Å². The maximum Gasteiger partial charge on any atom is 0.218 e. The summed E-state index contributed by atoms with van der Waals surface area (Å²) in [4.78, 5) is 0. The van der Waals surface area contributed by atoms with Gasteiger partial charge in [-0.25, -0.2) is 4.57 Å². The zero-order valence-electron chi connectivity index (χ0n) is 31.4. The average Bonchev–Trinajstić information content (AvgIpc) is 3.32. The molecule has 0 radical (unpaired) electrons. The average molecular weight is 666 g/mol. The quantitative estimate of drug-likeness (QED) is 0.169. The molecule has 1 aliphatic heterocycles. The van der Waals surface area contributed by atoms with Gasteiger partial charge in [0, 0.05) is 35.8 Å². The number of fused-ring (bicyclic) bond motifs is 8. The van der Waals surface area contributed by atoms with Crippen molar-refractivity contribution in [3.63, 3.8) is 0 Å². The maximum absolute atomic E-state index is 9.96. The number of benzene rings is 4. The van der Waals surface area contributed by atoms with Gasteiger partial charge in [0.1, 0.15) is 7.05 Å². The van der Waals surface area contributed by atoms with Crippen LogP contribution in [0.3, 0.4) is 0 Å². The van der Waals surface area contributed by atoms with E-state index >= 15 is 0 Å². The van der Waals surface area contributed by atoms with Crippen LogP contribution < -0.4 is 9.13 Å². The molecule has 0 atom stereocenters. The van der Waals surface area contributed by atoms with Crippen LogP contribution in [-0.4, -0.2) is 0 Å². The molecule has 8 rings (SSSR count). The molecule has 0 amide bonds. The van der Waals surface area contributed by atoms with Gasteiger partial charge < -0.3 is 0 Å². The molecule has 6 aromatic rings. The Labute approximate surface area is 303 Å². The lowest BCUT2D eigenvalue weighted by molar-refractivity contribution is -0.660. The van der Waals surface area contributed by atoms with E-state index in [0.717, 1.165) is 23.2 Å². The summed E-state index contributed by atoms with van der Waals surface area (Å²) in [5.74, 6) is 0. The van der Waals surface area contributed by atoms with E-state index in [0.29, 0.717) is 5.56 Å². The van der Waals surface area contributed by atoms with Crippen LogP contribution in [0.1, 0.15) is 94.3 Å². The van der Waals surface area contributed by atoms with Gasteiger partial charge in [-0.05, 0) is 84.3 Å². The Balaban J connectivity index is 1.40. The molecule has 3 heterocycles. The molecule has 3 heteroatoms. The highest BCUT2D eigenvalue weighted by Gasteiger charge is 2.39. The molecular weight excluding hydrogens is 619 g/mol. The molecule has 2 aromatic heterocycles. The largest absolute Gasteiger partial charge is 0.218 e. The van der Waals surface area contributed by atoms with Crippen LogP contribution in [-0.2, 0) is 29.7 Å². The monoisotopic (exact) mass is 665 g/mol. The molecule has 51 heavy (non-hydrogen) atoms. The fourth-order valence-corrected chi connectivity index (χ4v) is 8.35. The van der Waals surface area contributed by atoms with Crippen LogP contribution >= 0.6 is 0 Å². The summed E-state index contributed by atoms with van der Waals surface area (Å²) < 4.78 is 4.56. The summed E-state index contributed by atoms with van der Waals surface area (Å²) in [6, 6.07) is 36.3. The molecule has 2 aliphatic rings. The zero-order valence-corrected chi connectivity index (χ0v) is 31.4. The highest BCUT2D eigenvalue weighted by Crippen LogP contribution is 2.53. The number of hydrogen-bond acceptors (Lipinski definition) is 1. The number of pyridine rings is 2. The molecule has 1 aliphatic carbocycles. The van der Waals surface area contributed by atoms with E-state index in [2.05, 4.69) is 169 Å². The van der Waals surface area contributed by atoms with Crippen LogP contribution in [0.25, 0.3) is 56.2 Å².